The summed E-state index contributed by atoms with van der Waals surface area (Å²) >= 11 is 0. The van der Waals surface area contributed by atoms with Crippen molar-refractivity contribution < 1.29 is 19.0 Å². The lowest BCUT2D eigenvalue weighted by molar-refractivity contribution is -0.0677. The molecule has 0 saturated carbocycles. The topological polar surface area (TPSA) is 44.8 Å². The second-order valence-electron chi connectivity index (χ2n) is 3.43. The molecule has 0 aromatic rings. The van der Waals surface area contributed by atoms with Crippen LogP contribution in [0.4, 0.5) is 4.79 Å². The number of carbonyl (C=O) groups excluding carboxylic acids is 1. The number of ether oxygens (including phenoxy) is 3. The fourth-order valence-electron chi connectivity index (χ4n) is 0.495. The molecular weight excluding hydrogens is 172 g/mol. The first-order chi connectivity index (χ1) is 6.02. The second kappa shape index (κ2) is 6.71. The third-order valence-corrected chi connectivity index (χ3v) is 1.11. The van der Waals surface area contributed by atoms with Crippen LogP contribution in [-0.4, -0.2) is 25.7 Å². The van der Waals surface area contributed by atoms with Gasteiger partial charge in [-0.1, -0.05) is 13.8 Å². The number of hydrogen-bond donors (Lipinski definition) is 0. The summed E-state index contributed by atoms with van der Waals surface area (Å²) in [5, 5.41) is 0. The van der Waals surface area contributed by atoms with E-state index in [1.54, 1.807) is 0 Å². The summed E-state index contributed by atoms with van der Waals surface area (Å²) in [5.41, 5.74) is 0. The summed E-state index contributed by atoms with van der Waals surface area (Å²) < 4.78 is 14.4. The Labute approximate surface area is 79.2 Å². The van der Waals surface area contributed by atoms with Crippen molar-refractivity contribution in [2.45, 2.75) is 33.8 Å². The van der Waals surface area contributed by atoms with Crippen molar-refractivity contribution >= 4 is 6.16 Å². The lowest BCUT2D eigenvalue weighted by atomic mass is 10.2. The highest BCUT2D eigenvalue weighted by Crippen LogP contribution is 1.95. The van der Waals surface area contributed by atoms with E-state index in [1.807, 2.05) is 27.7 Å². The van der Waals surface area contributed by atoms with Gasteiger partial charge in [-0.3, -0.25) is 0 Å². The van der Waals surface area contributed by atoms with Crippen LogP contribution >= 0.6 is 0 Å². The van der Waals surface area contributed by atoms with Crippen molar-refractivity contribution in [2.75, 3.05) is 13.4 Å². The Kier molecular flexibility index (Phi) is 6.32. The Morgan fingerprint density at radius 3 is 2.23 bits per heavy atom. The monoisotopic (exact) mass is 190 g/mol. The van der Waals surface area contributed by atoms with E-state index in [2.05, 4.69) is 4.74 Å². The second-order valence-corrected chi connectivity index (χ2v) is 3.43. The average Bonchev–Trinajstić information content (AvgIpc) is 2.00. The molecule has 13 heavy (non-hydrogen) atoms. The van der Waals surface area contributed by atoms with E-state index in [4.69, 9.17) is 9.47 Å². The summed E-state index contributed by atoms with van der Waals surface area (Å²) in [7, 11) is 0. The first-order valence-electron chi connectivity index (χ1n) is 4.43. The molecule has 0 bridgehead atoms. The van der Waals surface area contributed by atoms with Gasteiger partial charge in [-0.25, -0.2) is 4.79 Å². The zero-order chi connectivity index (χ0) is 10.3. The SMILES string of the molecule is CC(C)COC(=O)OCOC(C)C. The molecule has 4 heteroatoms. The van der Waals surface area contributed by atoms with E-state index < -0.39 is 6.16 Å². The molecule has 0 aliphatic rings. The number of carbonyl (C=O) groups is 1. The van der Waals surface area contributed by atoms with Crippen LogP contribution in [0.15, 0.2) is 0 Å². The highest BCUT2D eigenvalue weighted by atomic mass is 16.8. The molecule has 0 unspecified atom stereocenters. The van der Waals surface area contributed by atoms with Crippen LogP contribution in [0.3, 0.4) is 0 Å². The Morgan fingerprint density at radius 2 is 1.77 bits per heavy atom. The standard InChI is InChI=1S/C9H18O4/c1-7(2)5-11-9(10)13-6-12-8(3)4/h7-8H,5-6H2,1-4H3. The van der Waals surface area contributed by atoms with Gasteiger partial charge >= 0.3 is 6.16 Å². The highest BCUT2D eigenvalue weighted by molar-refractivity contribution is 5.59. The molecule has 0 radical (unpaired) electrons. The summed E-state index contributed by atoms with van der Waals surface area (Å²) in [5.74, 6) is 0.318. The predicted molar refractivity (Wildman–Crippen MR) is 48.4 cm³/mol. The zero-order valence-corrected chi connectivity index (χ0v) is 8.70. The first kappa shape index (κ1) is 12.2. The van der Waals surface area contributed by atoms with E-state index in [1.165, 1.54) is 0 Å². The molecule has 0 aliphatic carbocycles. The van der Waals surface area contributed by atoms with Crippen LogP contribution in [0, 0.1) is 5.92 Å². The normalized spacial score (nSPS) is 10.6. The molecule has 0 saturated heterocycles. The predicted octanol–water partition coefficient (Wildman–Crippen LogP) is 2.18. The maximum absolute atomic E-state index is 10.8. The van der Waals surface area contributed by atoms with Crippen LogP contribution in [0.2, 0.25) is 0 Å². The van der Waals surface area contributed by atoms with Gasteiger partial charge in [0, 0.05) is 0 Å². The summed E-state index contributed by atoms with van der Waals surface area (Å²) in [4.78, 5) is 10.8. The van der Waals surface area contributed by atoms with Gasteiger partial charge < -0.3 is 14.2 Å². The summed E-state index contributed by atoms with van der Waals surface area (Å²) in [6.07, 6.45) is -0.618. The molecule has 0 heterocycles. The van der Waals surface area contributed by atoms with Gasteiger partial charge in [-0.15, -0.1) is 0 Å². The van der Waals surface area contributed by atoms with Crippen LogP contribution in [-0.2, 0) is 14.2 Å². The molecule has 0 amide bonds. The fraction of sp³-hybridized carbons (Fsp3) is 0.889. The Bertz CT molecular complexity index is 143. The van der Waals surface area contributed by atoms with Crippen molar-refractivity contribution in [3.05, 3.63) is 0 Å². The quantitative estimate of drug-likeness (QED) is 0.492. The van der Waals surface area contributed by atoms with Crippen LogP contribution in [0.1, 0.15) is 27.7 Å². The first-order valence-corrected chi connectivity index (χ1v) is 4.43. The van der Waals surface area contributed by atoms with E-state index in [0.717, 1.165) is 0 Å². The van der Waals surface area contributed by atoms with Gasteiger partial charge in [-0.05, 0) is 19.8 Å². The maximum atomic E-state index is 10.8. The maximum Gasteiger partial charge on any atom is 0.510 e. The molecule has 0 aromatic heterocycles. The van der Waals surface area contributed by atoms with Gasteiger partial charge in [0.1, 0.15) is 0 Å². The molecule has 0 aromatic carbocycles. The van der Waals surface area contributed by atoms with Gasteiger partial charge in [0.25, 0.3) is 0 Å². The lowest BCUT2D eigenvalue weighted by Crippen LogP contribution is -2.15. The van der Waals surface area contributed by atoms with Gasteiger partial charge in [0.2, 0.25) is 0 Å². The van der Waals surface area contributed by atoms with E-state index in [9.17, 15) is 4.79 Å². The van der Waals surface area contributed by atoms with Gasteiger partial charge in [0.15, 0.2) is 6.79 Å². The van der Waals surface area contributed by atoms with Crippen molar-refractivity contribution in [2.24, 2.45) is 5.92 Å². The van der Waals surface area contributed by atoms with E-state index in [-0.39, 0.29) is 12.9 Å². The van der Waals surface area contributed by atoms with Crippen molar-refractivity contribution in [1.29, 1.82) is 0 Å². The molecule has 0 rings (SSSR count). The van der Waals surface area contributed by atoms with Crippen molar-refractivity contribution in [3.8, 4) is 0 Å². The molecule has 0 spiro atoms. The number of rotatable bonds is 5. The summed E-state index contributed by atoms with van der Waals surface area (Å²) in [6.45, 7) is 7.97. The molecule has 78 valence electrons. The van der Waals surface area contributed by atoms with E-state index >= 15 is 0 Å². The zero-order valence-electron chi connectivity index (χ0n) is 8.70. The molecule has 0 atom stereocenters. The molecule has 0 aliphatic heterocycles. The minimum atomic E-state index is -0.672. The van der Waals surface area contributed by atoms with Crippen LogP contribution in [0.25, 0.3) is 0 Å². The third-order valence-electron chi connectivity index (χ3n) is 1.11. The largest absolute Gasteiger partial charge is 0.510 e. The van der Waals surface area contributed by atoms with Crippen LogP contribution < -0.4 is 0 Å². The minimum absolute atomic E-state index is 0.0470. The summed E-state index contributed by atoms with van der Waals surface area (Å²) in [6, 6.07) is 0. The van der Waals surface area contributed by atoms with E-state index in [0.29, 0.717) is 12.5 Å². The molecule has 4 nitrogen and oxygen atoms in total. The highest BCUT2D eigenvalue weighted by Gasteiger charge is 2.05. The number of hydrogen-bond acceptors (Lipinski definition) is 4. The molecule has 0 N–H and O–H groups in total. The minimum Gasteiger partial charge on any atom is -0.434 e. The van der Waals surface area contributed by atoms with Crippen molar-refractivity contribution in [1.82, 2.24) is 0 Å². The smallest absolute Gasteiger partial charge is 0.434 e. The van der Waals surface area contributed by atoms with Gasteiger partial charge in [0.05, 0.1) is 12.7 Å². The molecular formula is C9H18O4. The Morgan fingerprint density at radius 1 is 1.15 bits per heavy atom. The van der Waals surface area contributed by atoms with Crippen molar-refractivity contribution in [3.63, 3.8) is 0 Å². The Balaban J connectivity index is 3.30. The van der Waals surface area contributed by atoms with Crippen LogP contribution in [0.5, 0.6) is 0 Å². The third kappa shape index (κ3) is 9.14. The fourth-order valence-corrected chi connectivity index (χ4v) is 0.495. The van der Waals surface area contributed by atoms with Gasteiger partial charge in [-0.2, -0.15) is 0 Å². The molecule has 0 fully saturated rings. The Hall–Kier alpha value is -0.770. The average molecular weight is 190 g/mol. The lowest BCUT2D eigenvalue weighted by Gasteiger charge is -2.09.